The van der Waals surface area contributed by atoms with Crippen LogP contribution in [0.3, 0.4) is 0 Å². The molecule has 3 nitrogen and oxygen atoms in total. The summed E-state index contributed by atoms with van der Waals surface area (Å²) >= 11 is 0. The van der Waals surface area contributed by atoms with Crippen LogP contribution in [0, 0.1) is 6.92 Å². The Morgan fingerprint density at radius 3 is 2.80 bits per heavy atom. The lowest BCUT2D eigenvalue weighted by Crippen LogP contribution is -2.18. The summed E-state index contributed by atoms with van der Waals surface area (Å²) in [5, 5.41) is 9.46. The van der Waals surface area contributed by atoms with Crippen LogP contribution in [-0.4, -0.2) is 16.2 Å². The molecule has 1 aromatic carbocycles. The molecule has 1 atom stereocenters. The Morgan fingerprint density at radius 2 is 2.07 bits per heavy atom. The topological polar surface area (TPSA) is 51.8 Å². The van der Waals surface area contributed by atoms with Crippen molar-refractivity contribution in [3.8, 4) is 0 Å². The molecule has 2 aromatic rings. The van der Waals surface area contributed by atoms with Crippen LogP contribution in [0.1, 0.15) is 18.2 Å². The maximum absolute atomic E-state index is 5.73. The summed E-state index contributed by atoms with van der Waals surface area (Å²) in [6.07, 6.45) is 0.775. The Bertz CT molecular complexity index is 477. The van der Waals surface area contributed by atoms with Gasteiger partial charge in [0.2, 0.25) is 0 Å². The van der Waals surface area contributed by atoms with Crippen molar-refractivity contribution in [2.75, 3.05) is 0 Å². The van der Waals surface area contributed by atoms with Crippen LogP contribution in [-0.2, 0) is 6.42 Å². The van der Waals surface area contributed by atoms with E-state index in [0.717, 1.165) is 23.0 Å². The number of aromatic nitrogens is 2. The lowest BCUT2D eigenvalue weighted by atomic mass is 10.1. The highest BCUT2D eigenvalue weighted by molar-refractivity contribution is 5.78. The van der Waals surface area contributed by atoms with E-state index < -0.39 is 0 Å². The molecule has 0 aliphatic carbocycles. The summed E-state index contributed by atoms with van der Waals surface area (Å²) in [6, 6.07) is 8.35. The van der Waals surface area contributed by atoms with Gasteiger partial charge in [0.1, 0.15) is 0 Å². The molecule has 0 spiro atoms. The fourth-order valence-corrected chi connectivity index (χ4v) is 1.64. The maximum Gasteiger partial charge on any atom is 0.0930 e. The van der Waals surface area contributed by atoms with Gasteiger partial charge in [0.25, 0.3) is 0 Å². The molecule has 0 amide bonds. The maximum atomic E-state index is 5.73. The predicted molar refractivity (Wildman–Crippen MR) is 61.6 cm³/mol. The lowest BCUT2D eigenvalue weighted by molar-refractivity contribution is 0.713. The van der Waals surface area contributed by atoms with E-state index in [0.29, 0.717) is 0 Å². The smallest absolute Gasteiger partial charge is 0.0930 e. The number of benzene rings is 1. The fraction of sp³-hybridized carbons (Fsp3) is 0.333. The highest BCUT2D eigenvalue weighted by Crippen LogP contribution is 2.14. The molecular weight excluding hydrogens is 186 g/mol. The Balaban J connectivity index is 2.45. The zero-order valence-electron chi connectivity index (χ0n) is 9.07. The van der Waals surface area contributed by atoms with Crippen molar-refractivity contribution in [2.45, 2.75) is 26.3 Å². The van der Waals surface area contributed by atoms with Gasteiger partial charge in [-0.1, -0.05) is 11.6 Å². The molecule has 0 saturated heterocycles. The minimum atomic E-state index is 0.126. The molecular formula is C12H15N3. The molecule has 1 heterocycles. The molecule has 2 N–H and O–H groups in total. The van der Waals surface area contributed by atoms with Crippen LogP contribution in [0.4, 0.5) is 0 Å². The first-order chi connectivity index (χ1) is 7.15. The van der Waals surface area contributed by atoms with Gasteiger partial charge in [-0.2, -0.15) is 10.2 Å². The highest BCUT2D eigenvalue weighted by atomic mass is 15.1. The zero-order chi connectivity index (χ0) is 10.8. The first kappa shape index (κ1) is 10.1. The first-order valence-electron chi connectivity index (χ1n) is 5.14. The van der Waals surface area contributed by atoms with Crippen LogP contribution in [0.5, 0.6) is 0 Å². The predicted octanol–water partition coefficient (Wildman–Crippen LogP) is 1.83. The molecule has 3 heteroatoms. The monoisotopic (exact) mass is 201 g/mol. The van der Waals surface area contributed by atoms with Crippen molar-refractivity contribution in [3.05, 3.63) is 35.5 Å². The first-order valence-corrected chi connectivity index (χ1v) is 5.14. The minimum Gasteiger partial charge on any atom is -0.328 e. The summed E-state index contributed by atoms with van der Waals surface area (Å²) < 4.78 is 0. The van der Waals surface area contributed by atoms with Gasteiger partial charge in [-0.15, -0.1) is 0 Å². The Morgan fingerprint density at radius 1 is 1.27 bits per heavy atom. The van der Waals surface area contributed by atoms with Crippen LogP contribution in [0.2, 0.25) is 0 Å². The molecule has 0 aliphatic rings. The summed E-state index contributed by atoms with van der Waals surface area (Å²) in [6.45, 7) is 4.05. The van der Waals surface area contributed by atoms with Gasteiger partial charge < -0.3 is 5.73 Å². The number of nitrogens with two attached hydrogens (primary N) is 1. The van der Waals surface area contributed by atoms with E-state index in [1.807, 2.05) is 19.1 Å². The number of rotatable bonds is 2. The average Bonchev–Trinajstić information content (AvgIpc) is 2.16. The normalized spacial score (nSPS) is 13.0. The summed E-state index contributed by atoms with van der Waals surface area (Å²) in [5.41, 5.74) is 8.87. The van der Waals surface area contributed by atoms with Crippen LogP contribution in [0.15, 0.2) is 24.3 Å². The Labute approximate surface area is 89.3 Å². The van der Waals surface area contributed by atoms with Crippen molar-refractivity contribution in [1.82, 2.24) is 10.2 Å². The van der Waals surface area contributed by atoms with Crippen molar-refractivity contribution < 1.29 is 0 Å². The highest BCUT2D eigenvalue weighted by Gasteiger charge is 2.02. The van der Waals surface area contributed by atoms with E-state index in [1.54, 1.807) is 0 Å². The van der Waals surface area contributed by atoms with Crippen LogP contribution in [0.25, 0.3) is 10.9 Å². The summed E-state index contributed by atoms with van der Waals surface area (Å²) in [7, 11) is 0. The summed E-state index contributed by atoms with van der Waals surface area (Å²) in [4.78, 5) is 0. The number of hydrogen-bond donors (Lipinski definition) is 1. The van der Waals surface area contributed by atoms with Crippen molar-refractivity contribution in [1.29, 1.82) is 0 Å². The SMILES string of the molecule is Cc1ccc2nnc(CC(C)N)cc2c1. The third kappa shape index (κ3) is 2.30. The summed E-state index contributed by atoms with van der Waals surface area (Å²) in [5.74, 6) is 0. The standard InChI is InChI=1S/C12H15N3/c1-8-3-4-12-10(5-8)7-11(14-15-12)6-9(2)13/h3-5,7,9H,6,13H2,1-2H3. The molecule has 1 aromatic heterocycles. The molecule has 0 aliphatic heterocycles. The van der Waals surface area contributed by atoms with Crippen LogP contribution >= 0.6 is 0 Å². The second kappa shape index (κ2) is 3.95. The van der Waals surface area contributed by atoms with Gasteiger partial charge >= 0.3 is 0 Å². The molecule has 0 fully saturated rings. The van der Waals surface area contributed by atoms with Gasteiger partial charge in [0.15, 0.2) is 0 Å². The third-order valence-corrected chi connectivity index (χ3v) is 2.32. The Hall–Kier alpha value is -1.48. The second-order valence-corrected chi connectivity index (χ2v) is 4.08. The molecule has 1 unspecified atom stereocenters. The molecule has 0 saturated carbocycles. The van der Waals surface area contributed by atoms with Crippen molar-refractivity contribution >= 4 is 10.9 Å². The van der Waals surface area contributed by atoms with E-state index >= 15 is 0 Å². The largest absolute Gasteiger partial charge is 0.328 e. The Kier molecular flexibility index (Phi) is 2.64. The molecule has 0 radical (unpaired) electrons. The average molecular weight is 201 g/mol. The van der Waals surface area contributed by atoms with Gasteiger partial charge in [0.05, 0.1) is 11.2 Å². The number of aryl methyl sites for hydroxylation is 1. The molecule has 15 heavy (non-hydrogen) atoms. The van der Waals surface area contributed by atoms with Crippen LogP contribution < -0.4 is 5.73 Å². The van der Waals surface area contributed by atoms with E-state index in [4.69, 9.17) is 5.73 Å². The molecule has 0 bridgehead atoms. The molecule has 78 valence electrons. The van der Waals surface area contributed by atoms with Gasteiger partial charge in [0, 0.05) is 17.8 Å². The lowest BCUT2D eigenvalue weighted by Gasteiger charge is -2.04. The van der Waals surface area contributed by atoms with E-state index in [9.17, 15) is 0 Å². The fourth-order valence-electron chi connectivity index (χ4n) is 1.64. The van der Waals surface area contributed by atoms with Gasteiger partial charge in [-0.05, 0) is 32.0 Å². The molecule has 2 rings (SSSR count). The third-order valence-electron chi connectivity index (χ3n) is 2.32. The number of fused-ring (bicyclic) bond motifs is 1. The second-order valence-electron chi connectivity index (χ2n) is 4.08. The van der Waals surface area contributed by atoms with E-state index in [-0.39, 0.29) is 6.04 Å². The van der Waals surface area contributed by atoms with Crippen molar-refractivity contribution in [3.63, 3.8) is 0 Å². The van der Waals surface area contributed by atoms with Gasteiger partial charge in [-0.25, -0.2) is 0 Å². The van der Waals surface area contributed by atoms with E-state index in [1.165, 1.54) is 5.56 Å². The quantitative estimate of drug-likeness (QED) is 0.806. The number of hydrogen-bond acceptors (Lipinski definition) is 3. The van der Waals surface area contributed by atoms with Gasteiger partial charge in [-0.3, -0.25) is 0 Å². The van der Waals surface area contributed by atoms with Crippen molar-refractivity contribution in [2.24, 2.45) is 5.73 Å². The number of nitrogens with zero attached hydrogens (tertiary/aromatic N) is 2. The minimum absolute atomic E-state index is 0.126. The zero-order valence-corrected chi connectivity index (χ0v) is 9.07. The van der Waals surface area contributed by atoms with E-state index in [2.05, 4.69) is 29.3 Å².